The maximum atomic E-state index is 3.78. The highest BCUT2D eigenvalue weighted by Gasteiger charge is 1.96. The highest BCUT2D eigenvalue weighted by molar-refractivity contribution is 7.07. The summed E-state index contributed by atoms with van der Waals surface area (Å²) < 4.78 is 0. The van der Waals surface area contributed by atoms with E-state index in [0.29, 0.717) is 0 Å². The Bertz CT molecular complexity index is 1230. The summed E-state index contributed by atoms with van der Waals surface area (Å²) in [6.45, 7) is 0. The van der Waals surface area contributed by atoms with Gasteiger partial charge in [-0.3, -0.25) is 9.97 Å². The van der Waals surface area contributed by atoms with Crippen LogP contribution >= 0.6 is 22.7 Å². The molecule has 7 aromatic rings. The van der Waals surface area contributed by atoms with Gasteiger partial charge in [-0.1, -0.05) is 174 Å². The van der Waals surface area contributed by atoms with Gasteiger partial charge in [0, 0.05) is 36.4 Å². The third-order valence-corrected chi connectivity index (χ3v) is 8.04. The van der Waals surface area contributed by atoms with E-state index in [4.69, 9.17) is 0 Å². The standard InChI is InChI=1S/C10H8.C6H12.C6H6.C5H5N.C5H10.C4H4N2.C4H4S.C3H3NS/c1-2-6-10-8-4-3-7-9(10)5-1;3*1-2-4-6-5-3-1;1-2-4-5-3-1;1-2-5-4-6-3-1;1-2-4-5-3-1;1-2-5-3-4-1/h1-8H;1-6H2;1-6H;1-5H;1-5H2;1-4H;1-4H;1-3H. The number of hydrogen-bond donors (Lipinski definition) is 0. The van der Waals surface area contributed by atoms with E-state index < -0.39 is 0 Å². The normalized spacial score (nSPS) is 12.0. The van der Waals surface area contributed by atoms with Crippen LogP contribution in [0.1, 0.15) is 70.6 Å². The highest BCUT2D eigenvalue weighted by Crippen LogP contribution is 2.16. The summed E-state index contributed by atoms with van der Waals surface area (Å²) in [6, 6.07) is 40.2. The number of benzene rings is 3. The SMILES string of the molecule is C1CCCC1.C1CCCCC1.c1ccc2ccccc2c1.c1ccccc1.c1ccncc1.c1ccsc1.c1cncnc1.c1cscn1. The van der Waals surface area contributed by atoms with Crippen LogP contribution in [0.3, 0.4) is 0 Å². The molecule has 49 heavy (non-hydrogen) atoms. The fourth-order valence-corrected chi connectivity index (χ4v) is 5.24. The Kier molecular flexibility index (Phi) is 27.7. The molecule has 4 heterocycles. The minimum Gasteiger partial charge on any atom is -0.265 e. The minimum absolute atomic E-state index is 1.31. The lowest BCUT2D eigenvalue weighted by atomic mass is 10.0. The number of fused-ring (bicyclic) bond motifs is 1. The molecule has 0 unspecified atom stereocenters. The Morgan fingerprint density at radius 1 is 0.306 bits per heavy atom. The molecule has 0 amide bonds. The summed E-state index contributed by atoms with van der Waals surface area (Å²) in [5.74, 6) is 0. The van der Waals surface area contributed by atoms with Gasteiger partial charge < -0.3 is 0 Å². The van der Waals surface area contributed by atoms with Crippen LogP contribution in [0.2, 0.25) is 0 Å². The largest absolute Gasteiger partial charge is 0.265 e. The number of hydrogen-bond acceptors (Lipinski definition) is 6. The maximum Gasteiger partial charge on any atom is 0.115 e. The molecule has 2 saturated carbocycles. The minimum atomic E-state index is 1.31. The van der Waals surface area contributed by atoms with Crippen LogP contribution in [0.5, 0.6) is 0 Å². The lowest BCUT2D eigenvalue weighted by Crippen LogP contribution is -1.85. The van der Waals surface area contributed by atoms with Gasteiger partial charge >= 0.3 is 0 Å². The van der Waals surface area contributed by atoms with Gasteiger partial charge in [-0.05, 0) is 39.7 Å². The van der Waals surface area contributed by atoms with Crippen molar-refractivity contribution in [3.63, 3.8) is 0 Å². The monoisotopic (exact) mass is 688 g/mol. The molecule has 0 saturated heterocycles. The fraction of sp³-hybridized carbons (Fsp3) is 0.256. The predicted octanol–water partition coefficient (Wildman–Crippen LogP) is 13.3. The molecule has 0 spiro atoms. The number of aromatic nitrogens is 4. The van der Waals surface area contributed by atoms with Gasteiger partial charge in [-0.2, -0.15) is 11.3 Å². The Labute approximate surface area is 303 Å². The lowest BCUT2D eigenvalue weighted by Gasteiger charge is -2.05. The molecule has 4 nitrogen and oxygen atoms in total. The van der Waals surface area contributed by atoms with Crippen molar-refractivity contribution in [2.75, 3.05) is 0 Å². The van der Waals surface area contributed by atoms with E-state index in [1.165, 1.54) is 87.7 Å². The molecule has 256 valence electrons. The molecule has 3 aromatic carbocycles. The zero-order chi connectivity index (χ0) is 34.4. The zero-order valence-corrected chi connectivity index (χ0v) is 30.3. The van der Waals surface area contributed by atoms with E-state index >= 15 is 0 Å². The fourth-order valence-electron chi connectivity index (χ4n) is 4.43. The summed E-state index contributed by atoms with van der Waals surface area (Å²) in [7, 11) is 0. The predicted molar refractivity (Wildman–Crippen MR) is 214 cm³/mol. The van der Waals surface area contributed by atoms with Gasteiger partial charge in [0.15, 0.2) is 0 Å². The first-order valence-corrected chi connectivity index (χ1v) is 19.1. The molecule has 9 rings (SSSR count). The molecule has 0 aliphatic heterocycles. The maximum absolute atomic E-state index is 3.78. The summed E-state index contributed by atoms with van der Waals surface area (Å²) in [5, 5.41) is 8.63. The molecule has 0 atom stereocenters. The van der Waals surface area contributed by atoms with Crippen LogP contribution in [0.4, 0.5) is 0 Å². The first kappa shape index (κ1) is 40.7. The zero-order valence-electron chi connectivity index (χ0n) is 28.7. The second kappa shape index (κ2) is 33.4. The van der Waals surface area contributed by atoms with Gasteiger partial charge in [-0.25, -0.2) is 9.97 Å². The van der Waals surface area contributed by atoms with Gasteiger partial charge in [0.1, 0.15) is 6.33 Å². The van der Waals surface area contributed by atoms with Crippen molar-refractivity contribution in [2.24, 2.45) is 0 Å². The van der Waals surface area contributed by atoms with Crippen molar-refractivity contribution in [2.45, 2.75) is 70.6 Å². The van der Waals surface area contributed by atoms with Crippen molar-refractivity contribution in [3.8, 4) is 0 Å². The Morgan fingerprint density at radius 2 is 0.694 bits per heavy atom. The molecule has 0 radical (unpaired) electrons. The van der Waals surface area contributed by atoms with Gasteiger partial charge in [-0.15, -0.1) is 11.3 Å². The Morgan fingerprint density at radius 3 is 0.878 bits per heavy atom. The molecule has 0 bridgehead atoms. The first-order chi connectivity index (χ1) is 24.5. The number of rotatable bonds is 0. The van der Waals surface area contributed by atoms with Gasteiger partial charge in [0.25, 0.3) is 0 Å². The molecule has 2 aliphatic rings. The summed E-state index contributed by atoms with van der Waals surface area (Å²) in [5.41, 5.74) is 1.79. The number of pyridine rings is 1. The number of thiophene rings is 1. The van der Waals surface area contributed by atoms with Gasteiger partial charge in [0.2, 0.25) is 0 Å². The molecule has 4 aromatic heterocycles. The quantitative estimate of drug-likeness (QED) is 0.159. The summed E-state index contributed by atoms with van der Waals surface area (Å²) >= 11 is 3.31. The van der Waals surface area contributed by atoms with E-state index in [0.717, 1.165) is 0 Å². The Balaban J connectivity index is 0.000000197. The van der Waals surface area contributed by atoms with Crippen LogP contribution in [0.25, 0.3) is 10.8 Å². The van der Waals surface area contributed by atoms with Crippen LogP contribution in [-0.2, 0) is 0 Å². The first-order valence-electron chi connectivity index (χ1n) is 17.2. The van der Waals surface area contributed by atoms with E-state index in [1.807, 2.05) is 82.9 Å². The van der Waals surface area contributed by atoms with E-state index in [2.05, 4.69) is 68.5 Å². The molecular weight excluding hydrogens is 637 g/mol. The van der Waals surface area contributed by atoms with Crippen molar-refractivity contribution >= 4 is 33.4 Å². The summed E-state index contributed by atoms with van der Waals surface area (Å²) in [4.78, 5) is 14.9. The summed E-state index contributed by atoms with van der Waals surface area (Å²) in [6.07, 6.45) is 26.6. The lowest BCUT2D eigenvalue weighted by molar-refractivity contribution is 0.504. The number of nitrogens with zero attached hydrogens (tertiary/aromatic N) is 4. The molecular formula is C43H52N4S2. The van der Waals surface area contributed by atoms with E-state index in [9.17, 15) is 0 Å². The van der Waals surface area contributed by atoms with Crippen LogP contribution in [0, 0.1) is 0 Å². The third kappa shape index (κ3) is 27.2. The van der Waals surface area contributed by atoms with Crippen molar-refractivity contribution in [1.82, 2.24) is 19.9 Å². The van der Waals surface area contributed by atoms with E-state index in [-0.39, 0.29) is 0 Å². The van der Waals surface area contributed by atoms with E-state index in [1.54, 1.807) is 65.2 Å². The third-order valence-electron chi connectivity index (χ3n) is 6.89. The van der Waals surface area contributed by atoms with Crippen molar-refractivity contribution in [1.29, 1.82) is 0 Å². The average Bonchev–Trinajstić information content (AvgIpc) is 4.07. The van der Waals surface area contributed by atoms with Crippen LogP contribution < -0.4 is 0 Å². The van der Waals surface area contributed by atoms with Gasteiger partial charge in [0.05, 0.1) is 5.51 Å². The second-order valence-electron chi connectivity index (χ2n) is 10.8. The number of thiazole rings is 1. The molecule has 2 fully saturated rings. The molecule has 0 N–H and O–H groups in total. The highest BCUT2D eigenvalue weighted by atomic mass is 32.1. The van der Waals surface area contributed by atoms with Crippen molar-refractivity contribution < 1.29 is 0 Å². The molecule has 2 aliphatic carbocycles. The second-order valence-corrected chi connectivity index (χ2v) is 12.4. The van der Waals surface area contributed by atoms with Crippen LogP contribution in [0.15, 0.2) is 180 Å². The van der Waals surface area contributed by atoms with Crippen LogP contribution in [-0.4, -0.2) is 19.9 Å². The molecule has 6 heteroatoms. The topological polar surface area (TPSA) is 51.6 Å². The average molecular weight is 689 g/mol. The smallest absolute Gasteiger partial charge is 0.115 e. The van der Waals surface area contributed by atoms with Crippen molar-refractivity contribution in [3.05, 3.63) is 180 Å². The Hall–Kier alpha value is -4.52.